The molecule has 1 aromatic carbocycles. The molecule has 0 saturated heterocycles. The fourth-order valence-corrected chi connectivity index (χ4v) is 2.55. The molecule has 5 heteroatoms. The van der Waals surface area contributed by atoms with Crippen LogP contribution in [0.4, 0.5) is 0 Å². The van der Waals surface area contributed by atoms with Gasteiger partial charge in [-0.15, -0.1) is 0 Å². The Balaban J connectivity index is 2.38. The van der Waals surface area contributed by atoms with Crippen LogP contribution in [0.5, 0.6) is 11.5 Å². The largest absolute Gasteiger partial charge is 0.493 e. The van der Waals surface area contributed by atoms with E-state index in [2.05, 4.69) is 5.10 Å². The zero-order valence-corrected chi connectivity index (χ0v) is 11.7. The van der Waals surface area contributed by atoms with E-state index in [0.717, 1.165) is 24.7 Å². The fourth-order valence-electron chi connectivity index (χ4n) is 2.55. The Bertz CT molecular complexity index is 494. The molecule has 0 aliphatic heterocycles. The molecule has 1 aromatic rings. The van der Waals surface area contributed by atoms with Gasteiger partial charge in [-0.3, -0.25) is 4.79 Å². The predicted octanol–water partition coefficient (Wildman–Crippen LogP) is 2.32. The standard InChI is InChI=1S/C15H20N2O3/c1-19-14-7-6-11(10-18)13(8-9-17-16)15(14)20-12-4-2-3-5-12/h6-7,9-10,12H,2-5,8,16H2,1H3/b17-9+. The van der Waals surface area contributed by atoms with Crippen molar-refractivity contribution in [3.8, 4) is 11.5 Å². The molecule has 0 unspecified atom stereocenters. The van der Waals surface area contributed by atoms with Gasteiger partial charge < -0.3 is 15.3 Å². The Morgan fingerprint density at radius 1 is 1.40 bits per heavy atom. The first-order chi connectivity index (χ1) is 9.80. The molecule has 1 aliphatic rings. The van der Waals surface area contributed by atoms with Gasteiger partial charge in [0.05, 0.1) is 13.2 Å². The summed E-state index contributed by atoms with van der Waals surface area (Å²) in [4.78, 5) is 11.2. The molecule has 2 rings (SSSR count). The molecule has 5 nitrogen and oxygen atoms in total. The molecule has 0 atom stereocenters. The van der Waals surface area contributed by atoms with Crippen LogP contribution in [0.25, 0.3) is 0 Å². The van der Waals surface area contributed by atoms with Crippen LogP contribution in [0.15, 0.2) is 17.2 Å². The van der Waals surface area contributed by atoms with Crippen LogP contribution in [-0.2, 0) is 6.42 Å². The number of carbonyl (C=O) groups excluding carboxylic acids is 1. The number of rotatable bonds is 6. The fraction of sp³-hybridized carbons (Fsp3) is 0.467. The van der Waals surface area contributed by atoms with Gasteiger partial charge in [-0.25, -0.2) is 0 Å². The van der Waals surface area contributed by atoms with E-state index < -0.39 is 0 Å². The van der Waals surface area contributed by atoms with Crippen molar-refractivity contribution in [1.82, 2.24) is 0 Å². The van der Waals surface area contributed by atoms with Crippen molar-refractivity contribution in [2.75, 3.05) is 7.11 Å². The number of aldehydes is 1. The summed E-state index contributed by atoms with van der Waals surface area (Å²) in [5.74, 6) is 6.45. The van der Waals surface area contributed by atoms with Crippen LogP contribution < -0.4 is 15.3 Å². The van der Waals surface area contributed by atoms with Crippen LogP contribution >= 0.6 is 0 Å². The molecule has 1 aliphatic carbocycles. The summed E-state index contributed by atoms with van der Waals surface area (Å²) in [5.41, 5.74) is 1.36. The SMILES string of the molecule is COc1ccc(C=O)c(C/C=N/N)c1OC1CCCC1. The molecule has 20 heavy (non-hydrogen) atoms. The summed E-state index contributed by atoms with van der Waals surface area (Å²) < 4.78 is 11.4. The van der Waals surface area contributed by atoms with Gasteiger partial charge in [0.15, 0.2) is 11.5 Å². The normalized spacial score (nSPS) is 15.7. The van der Waals surface area contributed by atoms with Gasteiger partial charge in [-0.05, 0) is 37.8 Å². The van der Waals surface area contributed by atoms with Gasteiger partial charge in [0.1, 0.15) is 6.29 Å². The Labute approximate surface area is 118 Å². The Morgan fingerprint density at radius 3 is 2.75 bits per heavy atom. The van der Waals surface area contributed by atoms with Gasteiger partial charge in [-0.2, -0.15) is 5.10 Å². The third kappa shape index (κ3) is 3.10. The van der Waals surface area contributed by atoms with Crippen molar-refractivity contribution in [3.05, 3.63) is 23.3 Å². The monoisotopic (exact) mass is 276 g/mol. The van der Waals surface area contributed by atoms with E-state index in [1.54, 1.807) is 25.5 Å². The highest BCUT2D eigenvalue weighted by molar-refractivity contribution is 5.82. The number of hydrazone groups is 1. The zero-order chi connectivity index (χ0) is 14.4. The number of nitrogens with zero attached hydrogens (tertiary/aromatic N) is 1. The summed E-state index contributed by atoms with van der Waals surface area (Å²) in [6, 6.07) is 3.49. The highest BCUT2D eigenvalue weighted by atomic mass is 16.5. The summed E-state index contributed by atoms with van der Waals surface area (Å²) in [5, 5.41) is 3.50. The highest BCUT2D eigenvalue weighted by Gasteiger charge is 2.22. The van der Waals surface area contributed by atoms with E-state index in [1.165, 1.54) is 12.8 Å². The smallest absolute Gasteiger partial charge is 0.165 e. The second kappa shape index (κ2) is 6.93. The molecule has 108 valence electrons. The highest BCUT2D eigenvalue weighted by Crippen LogP contribution is 2.36. The average Bonchev–Trinajstić information content (AvgIpc) is 2.98. The lowest BCUT2D eigenvalue weighted by Gasteiger charge is -2.19. The maximum absolute atomic E-state index is 11.2. The van der Waals surface area contributed by atoms with Crippen LogP contribution in [0.1, 0.15) is 41.6 Å². The van der Waals surface area contributed by atoms with Gasteiger partial charge in [0.2, 0.25) is 0 Å². The molecule has 1 fully saturated rings. The number of benzene rings is 1. The summed E-state index contributed by atoms with van der Waals surface area (Å²) >= 11 is 0. The van der Waals surface area contributed by atoms with E-state index in [-0.39, 0.29) is 6.10 Å². The van der Waals surface area contributed by atoms with Crippen LogP contribution in [-0.4, -0.2) is 25.7 Å². The molecule has 0 bridgehead atoms. The quantitative estimate of drug-likeness (QED) is 0.374. The minimum Gasteiger partial charge on any atom is -0.493 e. The van der Waals surface area contributed by atoms with Crippen molar-refractivity contribution in [3.63, 3.8) is 0 Å². The second-order valence-electron chi connectivity index (χ2n) is 4.84. The Hall–Kier alpha value is -2.04. The molecule has 0 heterocycles. The predicted molar refractivity (Wildman–Crippen MR) is 77.6 cm³/mol. The number of carbonyl (C=O) groups is 1. The van der Waals surface area contributed by atoms with Gasteiger partial charge in [-0.1, -0.05) is 0 Å². The number of methoxy groups -OCH3 is 1. The van der Waals surface area contributed by atoms with Crippen LogP contribution in [0.2, 0.25) is 0 Å². The van der Waals surface area contributed by atoms with E-state index in [4.69, 9.17) is 15.3 Å². The first-order valence-electron chi connectivity index (χ1n) is 6.83. The van der Waals surface area contributed by atoms with Gasteiger partial charge in [0, 0.05) is 23.8 Å². The van der Waals surface area contributed by atoms with Crippen LogP contribution in [0, 0.1) is 0 Å². The second-order valence-corrected chi connectivity index (χ2v) is 4.84. The maximum atomic E-state index is 11.2. The molecule has 0 aromatic heterocycles. The maximum Gasteiger partial charge on any atom is 0.165 e. The van der Waals surface area contributed by atoms with Gasteiger partial charge >= 0.3 is 0 Å². The number of nitrogens with two attached hydrogens (primary N) is 1. The van der Waals surface area contributed by atoms with Crippen molar-refractivity contribution in [2.45, 2.75) is 38.2 Å². The lowest BCUT2D eigenvalue weighted by molar-refractivity contribution is 0.112. The third-order valence-corrected chi connectivity index (χ3v) is 3.60. The molecule has 1 saturated carbocycles. The minimum atomic E-state index is 0.194. The molecular weight excluding hydrogens is 256 g/mol. The Kier molecular flexibility index (Phi) is 4.98. The van der Waals surface area contributed by atoms with E-state index in [9.17, 15) is 4.79 Å². The van der Waals surface area contributed by atoms with E-state index >= 15 is 0 Å². The summed E-state index contributed by atoms with van der Waals surface area (Å²) in [6.07, 6.45) is 7.46. The third-order valence-electron chi connectivity index (χ3n) is 3.60. The van der Waals surface area contributed by atoms with Gasteiger partial charge in [0.25, 0.3) is 0 Å². The molecular formula is C15H20N2O3. The molecule has 0 amide bonds. The molecule has 0 radical (unpaired) electrons. The average molecular weight is 276 g/mol. The lowest BCUT2D eigenvalue weighted by atomic mass is 10.0. The zero-order valence-electron chi connectivity index (χ0n) is 11.7. The summed E-state index contributed by atoms with van der Waals surface area (Å²) in [7, 11) is 1.60. The number of hydrogen-bond acceptors (Lipinski definition) is 5. The summed E-state index contributed by atoms with van der Waals surface area (Å²) in [6.45, 7) is 0. The van der Waals surface area contributed by atoms with Crippen molar-refractivity contribution in [1.29, 1.82) is 0 Å². The molecule has 0 spiro atoms. The topological polar surface area (TPSA) is 73.9 Å². The minimum absolute atomic E-state index is 0.194. The number of hydrogen-bond donors (Lipinski definition) is 1. The van der Waals surface area contributed by atoms with E-state index in [1.807, 2.05) is 0 Å². The first-order valence-corrected chi connectivity index (χ1v) is 6.83. The first kappa shape index (κ1) is 14.4. The number of ether oxygens (including phenoxy) is 2. The van der Waals surface area contributed by atoms with Crippen molar-refractivity contribution in [2.24, 2.45) is 10.9 Å². The Morgan fingerprint density at radius 2 is 2.15 bits per heavy atom. The lowest BCUT2D eigenvalue weighted by Crippen LogP contribution is -2.14. The van der Waals surface area contributed by atoms with Crippen molar-refractivity contribution >= 4 is 12.5 Å². The van der Waals surface area contributed by atoms with Crippen molar-refractivity contribution < 1.29 is 14.3 Å². The van der Waals surface area contributed by atoms with Crippen LogP contribution in [0.3, 0.4) is 0 Å². The molecule has 2 N–H and O–H groups in total. The van der Waals surface area contributed by atoms with E-state index in [0.29, 0.717) is 23.5 Å².